The van der Waals surface area contributed by atoms with Crippen LogP contribution in [0.25, 0.3) is 0 Å². The van der Waals surface area contributed by atoms with E-state index in [-0.39, 0.29) is 10.6 Å². The van der Waals surface area contributed by atoms with E-state index in [0.717, 1.165) is 22.7 Å². The highest BCUT2D eigenvalue weighted by molar-refractivity contribution is 7.99. The Bertz CT molecular complexity index is 823. The maximum Gasteiger partial charge on any atom is 0.435 e. The Kier molecular flexibility index (Phi) is 6.84. The van der Waals surface area contributed by atoms with Crippen LogP contribution in [0.5, 0.6) is 0 Å². The van der Waals surface area contributed by atoms with Crippen LogP contribution in [0.15, 0.2) is 39.3 Å². The molecule has 5 nitrogen and oxygen atoms in total. The summed E-state index contributed by atoms with van der Waals surface area (Å²) in [5, 5.41) is 7.34. The number of rotatable bonds is 5. The fourth-order valence-corrected chi connectivity index (χ4v) is 2.89. The van der Waals surface area contributed by atoms with Crippen molar-refractivity contribution in [1.82, 2.24) is 9.78 Å². The second kappa shape index (κ2) is 8.51. The van der Waals surface area contributed by atoms with Crippen molar-refractivity contribution in [1.29, 1.82) is 0 Å². The van der Waals surface area contributed by atoms with Gasteiger partial charge >= 0.3 is 12.1 Å². The van der Waals surface area contributed by atoms with Gasteiger partial charge in [0.05, 0.1) is 11.8 Å². The lowest BCUT2D eigenvalue weighted by Gasteiger charge is -2.05. The fraction of sp³-hybridized carbons (Fsp3) is 0.214. The molecule has 0 aliphatic carbocycles. The first-order valence-electron chi connectivity index (χ1n) is 6.69. The molecule has 2 rings (SSSR count). The zero-order valence-corrected chi connectivity index (χ0v) is 15.9. The molecule has 0 spiro atoms. The molecular weight excluding hydrogens is 438 g/mol. The summed E-state index contributed by atoms with van der Waals surface area (Å²) in [5.41, 5.74) is -1.54. The summed E-state index contributed by atoms with van der Waals surface area (Å²) in [7, 11) is 1.35. The van der Waals surface area contributed by atoms with Gasteiger partial charge in [-0.2, -0.15) is 18.3 Å². The van der Waals surface area contributed by atoms with E-state index in [0.29, 0.717) is 9.92 Å². The molecule has 1 aromatic carbocycles. The van der Waals surface area contributed by atoms with Gasteiger partial charge in [0.1, 0.15) is 5.03 Å². The van der Waals surface area contributed by atoms with Gasteiger partial charge in [0.2, 0.25) is 4.84 Å². The molecule has 0 saturated carbocycles. The molecule has 1 heterocycles. The molecule has 12 heteroatoms. The van der Waals surface area contributed by atoms with Crippen LogP contribution >= 0.6 is 46.6 Å². The average Bonchev–Trinajstić information content (AvgIpc) is 2.86. The van der Waals surface area contributed by atoms with E-state index in [2.05, 4.69) is 15.1 Å². The summed E-state index contributed by atoms with van der Waals surface area (Å²) in [6, 6.07) is 6.47. The Morgan fingerprint density at radius 2 is 1.96 bits per heavy atom. The van der Waals surface area contributed by atoms with E-state index in [4.69, 9.17) is 34.8 Å². The normalized spacial score (nSPS) is 12.2. The Balaban J connectivity index is 2.40. The van der Waals surface area contributed by atoms with Crippen LogP contribution in [-0.4, -0.2) is 26.8 Å². The van der Waals surface area contributed by atoms with E-state index in [1.54, 1.807) is 24.3 Å². The Hall–Kier alpha value is -1.42. The third-order valence-electron chi connectivity index (χ3n) is 2.83. The monoisotopic (exact) mass is 445 g/mol. The number of benzene rings is 1. The molecule has 2 aromatic rings. The van der Waals surface area contributed by atoms with Gasteiger partial charge in [0.25, 0.3) is 0 Å². The quantitative estimate of drug-likeness (QED) is 0.283. The molecule has 26 heavy (non-hydrogen) atoms. The number of carbonyl (C=O) groups excluding carboxylic acids is 1. The molecule has 0 bridgehead atoms. The first-order chi connectivity index (χ1) is 12.1. The van der Waals surface area contributed by atoms with Crippen LogP contribution in [0.1, 0.15) is 11.3 Å². The van der Waals surface area contributed by atoms with Crippen LogP contribution < -0.4 is 0 Å². The number of hydrogen-bond acceptors (Lipinski definition) is 5. The van der Waals surface area contributed by atoms with Gasteiger partial charge in [0, 0.05) is 17.0 Å². The Morgan fingerprint density at radius 1 is 1.35 bits per heavy atom. The number of carbonyl (C=O) groups is 1. The number of aryl methyl sites for hydroxylation is 1. The van der Waals surface area contributed by atoms with Gasteiger partial charge in [-0.3, -0.25) is 4.68 Å². The largest absolute Gasteiger partial charge is 0.435 e. The van der Waals surface area contributed by atoms with Crippen LogP contribution in [-0.2, 0) is 22.9 Å². The second-order valence-corrected chi connectivity index (χ2v) is 7.29. The number of halogens is 6. The third kappa shape index (κ3) is 5.29. The first-order valence-corrected chi connectivity index (χ1v) is 8.76. The minimum Gasteiger partial charge on any atom is -0.315 e. The summed E-state index contributed by atoms with van der Waals surface area (Å²) in [6.45, 7) is 0. The highest BCUT2D eigenvalue weighted by atomic mass is 35.5. The molecule has 0 aliphatic heterocycles. The molecule has 0 saturated heterocycles. The van der Waals surface area contributed by atoms with Gasteiger partial charge in [-0.15, -0.1) is 0 Å². The number of hydrogen-bond donors (Lipinski definition) is 0. The van der Waals surface area contributed by atoms with E-state index in [1.807, 2.05) is 0 Å². The standard InChI is InChI=1S/C14H9Cl3F3N3O2S/c1-23-12(26-8-4-2-7(15)3-5-8)9(10(22-23)14(18,19)20)6-21-25-13(24)11(16)17/h2-6,11H,1H3/b21-6+. The van der Waals surface area contributed by atoms with Crippen molar-refractivity contribution in [2.24, 2.45) is 12.2 Å². The summed E-state index contributed by atoms with van der Waals surface area (Å²) in [5.74, 6) is -1.12. The van der Waals surface area contributed by atoms with Gasteiger partial charge in [0.15, 0.2) is 5.69 Å². The molecule has 0 unspecified atom stereocenters. The van der Waals surface area contributed by atoms with Crippen molar-refractivity contribution >= 4 is 58.7 Å². The molecule has 140 valence electrons. The van der Waals surface area contributed by atoms with Crippen LogP contribution in [0.3, 0.4) is 0 Å². The maximum absolute atomic E-state index is 13.2. The highest BCUT2D eigenvalue weighted by Gasteiger charge is 2.38. The second-order valence-electron chi connectivity index (χ2n) is 4.69. The van der Waals surface area contributed by atoms with Crippen LogP contribution in [0.2, 0.25) is 5.02 Å². The van der Waals surface area contributed by atoms with Crippen LogP contribution in [0.4, 0.5) is 13.2 Å². The zero-order chi connectivity index (χ0) is 19.5. The maximum atomic E-state index is 13.2. The van der Waals surface area contributed by atoms with Gasteiger partial charge < -0.3 is 4.84 Å². The number of aromatic nitrogens is 2. The minimum atomic E-state index is -4.73. The summed E-state index contributed by atoms with van der Waals surface area (Å²) < 4.78 is 40.8. The van der Waals surface area contributed by atoms with Gasteiger partial charge in [-0.05, 0) is 24.3 Å². The average molecular weight is 447 g/mol. The van der Waals surface area contributed by atoms with Crippen molar-refractivity contribution in [3.8, 4) is 0 Å². The molecular formula is C14H9Cl3F3N3O2S. The first kappa shape index (κ1) is 20.9. The van der Waals surface area contributed by atoms with Crippen molar-refractivity contribution in [3.05, 3.63) is 40.5 Å². The summed E-state index contributed by atoms with van der Waals surface area (Å²) >= 11 is 17.4. The zero-order valence-electron chi connectivity index (χ0n) is 12.8. The smallest absolute Gasteiger partial charge is 0.315 e. The van der Waals surface area contributed by atoms with Gasteiger partial charge in [-0.25, -0.2) is 4.79 Å². The van der Waals surface area contributed by atoms with E-state index >= 15 is 0 Å². The van der Waals surface area contributed by atoms with Crippen molar-refractivity contribution in [2.75, 3.05) is 0 Å². The molecule has 0 amide bonds. The minimum absolute atomic E-state index is 0.132. The van der Waals surface area contributed by atoms with Crippen molar-refractivity contribution in [2.45, 2.75) is 20.9 Å². The Labute approximate surface area is 165 Å². The lowest BCUT2D eigenvalue weighted by Crippen LogP contribution is -2.11. The lowest BCUT2D eigenvalue weighted by molar-refractivity contribution is -0.141. The lowest BCUT2D eigenvalue weighted by atomic mass is 10.2. The molecule has 1 aromatic heterocycles. The third-order valence-corrected chi connectivity index (χ3v) is 4.62. The molecule has 0 N–H and O–H groups in total. The van der Waals surface area contributed by atoms with E-state index in [1.165, 1.54) is 7.05 Å². The predicted molar refractivity (Wildman–Crippen MR) is 93.0 cm³/mol. The van der Waals surface area contributed by atoms with Crippen molar-refractivity contribution < 1.29 is 22.8 Å². The fourth-order valence-electron chi connectivity index (χ4n) is 1.76. The van der Waals surface area contributed by atoms with E-state index < -0.39 is 22.7 Å². The summed E-state index contributed by atoms with van der Waals surface area (Å²) in [6.07, 6.45) is -3.99. The van der Waals surface area contributed by atoms with E-state index in [9.17, 15) is 18.0 Å². The highest BCUT2D eigenvalue weighted by Crippen LogP contribution is 2.37. The topological polar surface area (TPSA) is 56.5 Å². The molecule has 0 fully saturated rings. The SMILES string of the molecule is Cn1nc(C(F)(F)F)c(/C=N/OC(=O)C(Cl)Cl)c1Sc1ccc(Cl)cc1. The van der Waals surface area contributed by atoms with Crippen molar-refractivity contribution in [3.63, 3.8) is 0 Å². The number of oxime groups is 1. The predicted octanol–water partition coefficient (Wildman–Crippen LogP) is 4.92. The molecule has 0 radical (unpaired) electrons. The molecule has 0 aliphatic rings. The summed E-state index contributed by atoms with van der Waals surface area (Å²) in [4.78, 5) is 14.6. The Morgan fingerprint density at radius 3 is 2.50 bits per heavy atom. The number of nitrogens with zero attached hydrogens (tertiary/aromatic N) is 3. The van der Waals surface area contributed by atoms with Crippen LogP contribution in [0, 0.1) is 0 Å². The number of alkyl halides is 5. The van der Waals surface area contributed by atoms with Gasteiger partial charge in [-0.1, -0.05) is 51.7 Å². The molecule has 0 atom stereocenters.